The summed E-state index contributed by atoms with van der Waals surface area (Å²) >= 11 is 17.2. The number of aromatic nitrogens is 2. The van der Waals surface area contributed by atoms with Crippen LogP contribution in [-0.4, -0.2) is 20.7 Å². The van der Waals surface area contributed by atoms with E-state index >= 15 is 0 Å². The van der Waals surface area contributed by atoms with E-state index in [1.165, 1.54) is 0 Å². The minimum atomic E-state index is -0.814. The van der Waals surface area contributed by atoms with Crippen LogP contribution in [0, 0.1) is 0 Å². The molecule has 0 aliphatic rings. The Morgan fingerprint density at radius 3 is 1.41 bits per heavy atom. The monoisotopic (exact) mass is 844 g/mol. The minimum Gasteiger partial charge on any atom is -0.415 e. The van der Waals surface area contributed by atoms with Crippen LogP contribution in [0.3, 0.4) is 0 Å². The van der Waals surface area contributed by atoms with Crippen molar-refractivity contribution in [3.05, 3.63) is 212 Å². The molecule has 8 aromatic rings. The van der Waals surface area contributed by atoms with Gasteiger partial charge < -0.3 is 29.7 Å². The Hall–Kier alpha value is -6.69. The number of para-hydroxylation sites is 4. The van der Waals surface area contributed by atoms with Gasteiger partial charge in [-0.1, -0.05) is 96.0 Å². The molecule has 0 atom stereocenters. The van der Waals surface area contributed by atoms with Gasteiger partial charge in [-0.2, -0.15) is 0 Å². The first-order chi connectivity index (χ1) is 28.6. The highest BCUT2D eigenvalue weighted by Gasteiger charge is 2.13. The fourth-order valence-corrected chi connectivity index (χ4v) is 6.38. The smallest absolute Gasteiger partial charge is 0.412 e. The molecule has 0 radical (unpaired) electrons. The molecule has 59 heavy (non-hydrogen) atoms. The van der Waals surface area contributed by atoms with Gasteiger partial charge in [-0.05, 0) is 84.9 Å². The lowest BCUT2D eigenvalue weighted by Gasteiger charge is -2.14. The zero-order valence-electron chi connectivity index (χ0n) is 31.1. The lowest BCUT2D eigenvalue weighted by molar-refractivity contribution is 0.200. The summed E-state index contributed by atoms with van der Waals surface area (Å²) in [5.74, 6) is 0.891. The van der Waals surface area contributed by atoms with Gasteiger partial charge in [-0.15, -0.1) is 0 Å². The summed E-state index contributed by atoms with van der Waals surface area (Å²) in [4.78, 5) is 47.5. The van der Waals surface area contributed by atoms with E-state index in [4.69, 9.17) is 45.3 Å². The van der Waals surface area contributed by atoms with Crippen LogP contribution in [-0.2, 0) is 13.1 Å². The Morgan fingerprint density at radius 2 is 0.966 bits per heavy atom. The standard InChI is InChI=1S/C23H17ClN2O3.C16H13ClN2O.C7H5ClO2/c24-17-11-12-20-21(13-17)26(18-7-3-1-4-8-18)15-16(22(20)27)14-25-23(28)29-19-9-5-2-6-10-19;17-12-6-7-14-15(8-12)19(10-11(9-18)16(14)20)13-4-2-1-3-5-13;8-7(9)10-6-4-2-1-3-5-6/h1-13,15H,14H2,(H,25,28);1-8,10H,9,18H2;1-5H. The van der Waals surface area contributed by atoms with Crippen LogP contribution in [0.2, 0.25) is 10.0 Å². The number of nitrogens with one attached hydrogen (secondary N) is 1. The van der Waals surface area contributed by atoms with Gasteiger partial charge in [0.2, 0.25) is 0 Å². The van der Waals surface area contributed by atoms with E-state index in [9.17, 15) is 19.2 Å². The predicted octanol–water partition coefficient (Wildman–Crippen LogP) is 10.5. The second-order valence-corrected chi connectivity index (χ2v) is 13.8. The van der Waals surface area contributed by atoms with E-state index in [2.05, 4.69) is 10.1 Å². The van der Waals surface area contributed by atoms with Gasteiger partial charge in [-0.25, -0.2) is 9.59 Å². The fraction of sp³-hybridized carbons (Fsp3) is 0.0435. The topological polar surface area (TPSA) is 135 Å². The quantitative estimate of drug-likeness (QED) is 0.153. The molecule has 0 bridgehead atoms. The highest BCUT2D eigenvalue weighted by Crippen LogP contribution is 2.23. The van der Waals surface area contributed by atoms with E-state index in [-0.39, 0.29) is 23.9 Å². The summed E-state index contributed by atoms with van der Waals surface area (Å²) in [7, 11) is 0. The number of benzene rings is 6. The maximum absolute atomic E-state index is 12.9. The van der Waals surface area contributed by atoms with Gasteiger partial charge >= 0.3 is 11.5 Å². The third kappa shape index (κ3) is 11.0. The van der Waals surface area contributed by atoms with E-state index in [0.717, 1.165) is 16.9 Å². The summed E-state index contributed by atoms with van der Waals surface area (Å²) in [5, 5.41) is 4.93. The molecule has 0 aliphatic heterocycles. The molecule has 0 saturated heterocycles. The fourth-order valence-electron chi connectivity index (χ4n) is 5.96. The molecule has 2 aromatic heterocycles. The van der Waals surface area contributed by atoms with E-state index in [0.29, 0.717) is 49.0 Å². The number of nitrogens with two attached hydrogens (primary N) is 1. The molecule has 13 heteroatoms. The number of carbonyl (C=O) groups is 2. The number of rotatable bonds is 7. The van der Waals surface area contributed by atoms with Crippen molar-refractivity contribution in [2.24, 2.45) is 5.73 Å². The average Bonchev–Trinajstić information content (AvgIpc) is 3.25. The molecule has 3 N–H and O–H groups in total. The van der Waals surface area contributed by atoms with E-state index in [1.807, 2.05) is 81.9 Å². The zero-order valence-corrected chi connectivity index (χ0v) is 33.4. The van der Waals surface area contributed by atoms with Gasteiger partial charge in [-0.3, -0.25) is 9.59 Å². The Kier molecular flexibility index (Phi) is 14.3. The normalized spacial score (nSPS) is 10.4. The van der Waals surface area contributed by atoms with E-state index < -0.39 is 11.5 Å². The van der Waals surface area contributed by atoms with Crippen molar-refractivity contribution in [1.82, 2.24) is 14.5 Å². The maximum Gasteiger partial charge on any atom is 0.412 e. The highest BCUT2D eigenvalue weighted by atomic mass is 35.5. The van der Waals surface area contributed by atoms with Crippen molar-refractivity contribution in [3.63, 3.8) is 0 Å². The van der Waals surface area contributed by atoms with Crippen molar-refractivity contribution in [1.29, 1.82) is 0 Å². The summed E-state index contributed by atoms with van der Waals surface area (Å²) in [6, 6.07) is 47.2. The molecule has 6 aromatic carbocycles. The Balaban J connectivity index is 0.000000168. The number of halogens is 3. The molecule has 0 unspecified atom stereocenters. The first kappa shape index (κ1) is 41.9. The third-order valence-electron chi connectivity index (χ3n) is 8.69. The van der Waals surface area contributed by atoms with Gasteiger partial charge in [0, 0.05) is 73.9 Å². The van der Waals surface area contributed by atoms with Crippen molar-refractivity contribution in [3.8, 4) is 22.9 Å². The number of nitrogens with zero attached hydrogens (tertiary/aromatic N) is 2. The molecule has 0 saturated carbocycles. The summed E-state index contributed by atoms with van der Waals surface area (Å²) < 4.78 is 13.6. The number of hydrogen-bond donors (Lipinski definition) is 2. The number of pyridine rings is 2. The molecular formula is C46H35Cl3N4O6. The maximum atomic E-state index is 12.9. The van der Waals surface area contributed by atoms with Crippen LogP contribution >= 0.6 is 34.8 Å². The average molecular weight is 846 g/mol. The predicted molar refractivity (Wildman–Crippen MR) is 235 cm³/mol. The molecule has 0 aliphatic carbocycles. The summed E-state index contributed by atoms with van der Waals surface area (Å²) in [6.45, 7) is 0.250. The van der Waals surface area contributed by atoms with Gasteiger partial charge in [0.25, 0.3) is 0 Å². The van der Waals surface area contributed by atoms with Crippen molar-refractivity contribution in [2.45, 2.75) is 13.1 Å². The first-order valence-electron chi connectivity index (χ1n) is 18.0. The van der Waals surface area contributed by atoms with Crippen molar-refractivity contribution in [2.75, 3.05) is 0 Å². The van der Waals surface area contributed by atoms with Crippen molar-refractivity contribution < 1.29 is 19.1 Å². The molecule has 1 amide bonds. The Morgan fingerprint density at radius 1 is 0.559 bits per heavy atom. The molecule has 2 heterocycles. The number of hydrogen-bond acceptors (Lipinski definition) is 7. The van der Waals surface area contributed by atoms with Crippen molar-refractivity contribution >= 4 is 68.1 Å². The first-order valence-corrected chi connectivity index (χ1v) is 19.2. The molecule has 8 rings (SSSR count). The second kappa shape index (κ2) is 20.1. The largest absolute Gasteiger partial charge is 0.415 e. The molecule has 10 nitrogen and oxygen atoms in total. The number of fused-ring (bicyclic) bond motifs is 2. The SMILES string of the molecule is NCc1cn(-c2ccccc2)c2cc(Cl)ccc2c1=O.O=C(Cl)Oc1ccccc1.O=C(NCc1cn(-c2ccccc2)c2cc(Cl)ccc2c1=O)Oc1ccccc1. The van der Waals surface area contributed by atoms with Crippen LogP contribution in [0.4, 0.5) is 9.59 Å². The minimum absolute atomic E-state index is 0.0358. The summed E-state index contributed by atoms with van der Waals surface area (Å²) in [6.07, 6.45) is 2.88. The summed E-state index contributed by atoms with van der Waals surface area (Å²) in [5.41, 5.74) is 9.02. The van der Waals surface area contributed by atoms with Crippen LogP contribution < -0.4 is 31.4 Å². The highest BCUT2D eigenvalue weighted by molar-refractivity contribution is 6.61. The number of ether oxygens (including phenoxy) is 2. The number of amides is 1. The van der Waals surface area contributed by atoms with Gasteiger partial charge in [0.05, 0.1) is 17.6 Å². The van der Waals surface area contributed by atoms with Crippen LogP contribution in [0.15, 0.2) is 180 Å². The van der Waals surface area contributed by atoms with Crippen LogP contribution in [0.1, 0.15) is 11.1 Å². The molecular weight excluding hydrogens is 811 g/mol. The number of carbonyl (C=O) groups excluding carboxylic acids is 2. The second-order valence-electron chi connectivity index (χ2n) is 12.6. The van der Waals surface area contributed by atoms with Crippen LogP contribution in [0.25, 0.3) is 33.2 Å². The van der Waals surface area contributed by atoms with E-state index in [1.54, 1.807) is 97.3 Å². The van der Waals surface area contributed by atoms with Gasteiger partial charge in [0.15, 0.2) is 10.9 Å². The Bertz CT molecular complexity index is 2820. The lowest BCUT2D eigenvalue weighted by Crippen LogP contribution is -2.29. The Labute approximate surface area is 353 Å². The van der Waals surface area contributed by atoms with Gasteiger partial charge in [0.1, 0.15) is 11.5 Å². The van der Waals surface area contributed by atoms with Crippen LogP contribution in [0.5, 0.6) is 11.5 Å². The molecule has 0 spiro atoms. The third-order valence-corrected chi connectivity index (χ3v) is 9.24. The lowest BCUT2D eigenvalue weighted by atomic mass is 10.1. The molecule has 0 fully saturated rings. The molecule has 296 valence electrons. The zero-order chi connectivity index (χ0) is 41.7.